The molecule has 11 heteroatoms. The third-order valence-electron chi connectivity index (χ3n) is 7.52. The van der Waals surface area contributed by atoms with Crippen molar-refractivity contribution < 1.29 is 19.4 Å². The third kappa shape index (κ3) is 5.96. The van der Waals surface area contributed by atoms with Gasteiger partial charge in [0, 0.05) is 63.6 Å². The second kappa shape index (κ2) is 12.1. The van der Waals surface area contributed by atoms with Gasteiger partial charge in [-0.15, -0.1) is 0 Å². The molecule has 2 N–H and O–H groups in total. The van der Waals surface area contributed by atoms with Crippen molar-refractivity contribution in [1.29, 1.82) is 0 Å². The van der Waals surface area contributed by atoms with Crippen molar-refractivity contribution in [2.24, 2.45) is 11.3 Å². The van der Waals surface area contributed by atoms with E-state index in [9.17, 15) is 4.79 Å². The molecular weight excluding hydrogens is 450 g/mol. The van der Waals surface area contributed by atoms with E-state index in [1.807, 2.05) is 23.0 Å². The Morgan fingerprint density at radius 1 is 1.17 bits per heavy atom. The van der Waals surface area contributed by atoms with E-state index >= 15 is 0 Å². The van der Waals surface area contributed by atoms with Gasteiger partial charge in [-0.1, -0.05) is 0 Å². The Bertz CT molecular complexity index is 923. The summed E-state index contributed by atoms with van der Waals surface area (Å²) in [5.74, 6) is 1.27. The van der Waals surface area contributed by atoms with Crippen LogP contribution in [0, 0.1) is 11.3 Å². The van der Waals surface area contributed by atoms with E-state index in [4.69, 9.17) is 14.6 Å². The summed E-state index contributed by atoms with van der Waals surface area (Å²) in [5, 5.41) is 14.4. The first-order chi connectivity index (χ1) is 17.2. The molecule has 3 aliphatic rings. The largest absolute Gasteiger partial charge is 0.483 e. The Morgan fingerprint density at radius 2 is 1.94 bits per heavy atom. The molecule has 11 nitrogen and oxygen atoms in total. The fourth-order valence-corrected chi connectivity index (χ4v) is 5.80. The van der Waals surface area contributed by atoms with Gasteiger partial charge in [0.1, 0.15) is 0 Å². The van der Waals surface area contributed by atoms with Gasteiger partial charge in [0.15, 0.2) is 0 Å². The highest BCUT2D eigenvalue weighted by atomic mass is 16.5. The number of fused-ring (bicyclic) bond motifs is 1. The summed E-state index contributed by atoms with van der Waals surface area (Å²) >= 11 is 0. The number of ether oxygens (including phenoxy) is 1. The van der Waals surface area contributed by atoms with Crippen LogP contribution in [0.3, 0.4) is 0 Å². The Morgan fingerprint density at radius 3 is 2.66 bits per heavy atom. The fourth-order valence-electron chi connectivity index (χ4n) is 5.80. The molecule has 0 bridgehead atoms. The number of nitrogens with one attached hydrogen (secondary N) is 1. The van der Waals surface area contributed by atoms with E-state index in [2.05, 4.69) is 30.2 Å². The molecule has 4 heterocycles. The SMILES string of the molecule is O=C(NCCn1cccn1)[C@@]12CC[C@@H](N3CCOCC3)C[C@H]1CCN(c1ncccn1)C2.O=CO. The van der Waals surface area contributed by atoms with E-state index in [-0.39, 0.29) is 12.4 Å². The van der Waals surface area contributed by atoms with Gasteiger partial charge < -0.3 is 20.1 Å². The molecule has 5 rings (SSSR count). The van der Waals surface area contributed by atoms with Crippen LogP contribution >= 0.6 is 0 Å². The lowest BCUT2D eigenvalue weighted by Crippen LogP contribution is -2.61. The molecule has 0 aromatic carbocycles. The van der Waals surface area contributed by atoms with Gasteiger partial charge in [-0.25, -0.2) is 9.97 Å². The van der Waals surface area contributed by atoms with Crippen molar-refractivity contribution in [3.8, 4) is 0 Å². The van der Waals surface area contributed by atoms with Crippen molar-refractivity contribution in [2.45, 2.75) is 38.3 Å². The van der Waals surface area contributed by atoms with Crippen molar-refractivity contribution in [2.75, 3.05) is 50.8 Å². The number of piperidine rings is 1. The molecule has 2 saturated heterocycles. The Labute approximate surface area is 205 Å². The van der Waals surface area contributed by atoms with E-state index in [1.165, 1.54) is 0 Å². The first-order valence-electron chi connectivity index (χ1n) is 12.3. The van der Waals surface area contributed by atoms with E-state index in [0.717, 1.165) is 64.5 Å². The predicted molar refractivity (Wildman–Crippen MR) is 129 cm³/mol. The smallest absolute Gasteiger partial charge is 0.290 e. The molecule has 2 aliphatic heterocycles. The summed E-state index contributed by atoms with van der Waals surface area (Å²) in [6, 6.07) is 4.29. The molecule has 1 aliphatic carbocycles. The minimum absolute atomic E-state index is 0.177. The molecule has 1 amide bonds. The van der Waals surface area contributed by atoms with Crippen LogP contribution in [-0.4, -0.2) is 94.1 Å². The molecule has 1 saturated carbocycles. The van der Waals surface area contributed by atoms with Crippen LogP contribution in [0.5, 0.6) is 0 Å². The van der Waals surface area contributed by atoms with Gasteiger partial charge in [0.2, 0.25) is 11.9 Å². The van der Waals surface area contributed by atoms with Gasteiger partial charge in [-0.05, 0) is 43.7 Å². The van der Waals surface area contributed by atoms with Gasteiger partial charge in [0.05, 0.1) is 25.2 Å². The number of amides is 1. The summed E-state index contributed by atoms with van der Waals surface area (Å²) in [7, 11) is 0. The van der Waals surface area contributed by atoms with Crippen LogP contribution in [0.4, 0.5) is 5.95 Å². The maximum absolute atomic E-state index is 13.7. The van der Waals surface area contributed by atoms with Crippen LogP contribution < -0.4 is 10.2 Å². The van der Waals surface area contributed by atoms with Crippen LogP contribution in [0.25, 0.3) is 0 Å². The van der Waals surface area contributed by atoms with E-state index in [1.54, 1.807) is 18.6 Å². The number of carbonyl (C=O) groups excluding carboxylic acids is 1. The number of nitrogens with zero attached hydrogens (tertiary/aromatic N) is 6. The summed E-state index contributed by atoms with van der Waals surface area (Å²) in [6.07, 6.45) is 11.3. The second-order valence-corrected chi connectivity index (χ2v) is 9.32. The fraction of sp³-hybridized carbons (Fsp3) is 0.625. The van der Waals surface area contributed by atoms with Crippen molar-refractivity contribution in [3.05, 3.63) is 36.9 Å². The number of rotatable bonds is 6. The number of morpholine rings is 1. The Kier molecular flexibility index (Phi) is 8.64. The van der Waals surface area contributed by atoms with Crippen molar-refractivity contribution in [3.63, 3.8) is 0 Å². The first-order valence-corrected chi connectivity index (χ1v) is 12.3. The molecule has 2 aromatic rings. The molecule has 190 valence electrons. The van der Waals surface area contributed by atoms with Crippen LogP contribution in [-0.2, 0) is 20.9 Å². The molecule has 0 spiro atoms. The molecule has 35 heavy (non-hydrogen) atoms. The van der Waals surface area contributed by atoms with Crippen molar-refractivity contribution in [1.82, 2.24) is 30.0 Å². The monoisotopic (exact) mass is 485 g/mol. The number of hydrogen-bond donors (Lipinski definition) is 2. The molecular formula is C24H35N7O4. The minimum Gasteiger partial charge on any atom is -0.483 e. The predicted octanol–water partition coefficient (Wildman–Crippen LogP) is 0.888. The average Bonchev–Trinajstić information content (AvgIpc) is 3.43. The lowest BCUT2D eigenvalue weighted by atomic mass is 9.61. The zero-order valence-electron chi connectivity index (χ0n) is 20.0. The quantitative estimate of drug-likeness (QED) is 0.574. The lowest BCUT2D eigenvalue weighted by molar-refractivity contribution is -0.139. The van der Waals surface area contributed by atoms with Gasteiger partial charge >= 0.3 is 0 Å². The van der Waals surface area contributed by atoms with Crippen LogP contribution in [0.15, 0.2) is 36.9 Å². The first kappa shape index (κ1) is 25.1. The lowest BCUT2D eigenvalue weighted by Gasteiger charge is -2.53. The van der Waals surface area contributed by atoms with E-state index in [0.29, 0.717) is 31.6 Å². The van der Waals surface area contributed by atoms with Crippen LogP contribution in [0.2, 0.25) is 0 Å². The summed E-state index contributed by atoms with van der Waals surface area (Å²) in [5.41, 5.74) is -0.398. The van der Waals surface area contributed by atoms with Gasteiger partial charge in [0.25, 0.3) is 6.47 Å². The van der Waals surface area contributed by atoms with Gasteiger partial charge in [-0.3, -0.25) is 19.2 Å². The number of anilines is 1. The molecule has 0 radical (unpaired) electrons. The number of aromatic nitrogens is 4. The summed E-state index contributed by atoms with van der Waals surface area (Å²) in [6.45, 7) is 6.25. The molecule has 2 aromatic heterocycles. The number of carboxylic acid groups (broad SMARTS) is 1. The minimum atomic E-state index is -0.398. The average molecular weight is 486 g/mol. The summed E-state index contributed by atoms with van der Waals surface area (Å²) < 4.78 is 7.42. The highest BCUT2D eigenvalue weighted by Crippen LogP contribution is 2.48. The maximum atomic E-state index is 13.7. The standard InChI is InChI=1S/C23H33N7O2.CH2O2/c31-21(24-9-12-30-10-2-8-27-30)23-5-3-20(28-13-15-32-16-14-28)17-19(23)4-11-29(18-23)22-25-6-1-7-26-22;2-1-3/h1-2,6-8,10,19-20H,3-5,9,11-18H2,(H,24,31);1H,(H,2,3)/t19-,20-,23-;/m1./s1. The zero-order chi connectivity index (χ0) is 24.5. The summed E-state index contributed by atoms with van der Waals surface area (Å²) in [4.78, 5) is 35.8. The Balaban J connectivity index is 0.000000917. The Hall–Kier alpha value is -3.05. The van der Waals surface area contributed by atoms with E-state index < -0.39 is 5.41 Å². The number of hydrogen-bond acceptors (Lipinski definition) is 8. The highest BCUT2D eigenvalue weighted by molar-refractivity contribution is 5.84. The topological polar surface area (TPSA) is 126 Å². The third-order valence-corrected chi connectivity index (χ3v) is 7.52. The van der Waals surface area contributed by atoms with Crippen molar-refractivity contribution >= 4 is 18.3 Å². The molecule has 0 unspecified atom stereocenters. The second-order valence-electron chi connectivity index (χ2n) is 9.32. The highest BCUT2D eigenvalue weighted by Gasteiger charge is 2.53. The van der Waals surface area contributed by atoms with Crippen LogP contribution in [0.1, 0.15) is 25.7 Å². The molecule has 3 fully saturated rings. The normalized spacial score (nSPS) is 26.7. The maximum Gasteiger partial charge on any atom is 0.290 e. The molecule has 3 atom stereocenters. The van der Waals surface area contributed by atoms with Gasteiger partial charge in [-0.2, -0.15) is 5.10 Å². The zero-order valence-corrected chi connectivity index (χ0v) is 20.0. The number of carbonyl (C=O) groups is 2.